The maximum atomic E-state index is 12.6. The number of piperidine rings is 1. The third-order valence-electron chi connectivity index (χ3n) is 10.5. The van der Waals surface area contributed by atoms with Gasteiger partial charge in [-0.25, -0.2) is 0 Å². The van der Waals surface area contributed by atoms with E-state index >= 15 is 0 Å². The number of likely N-dealkylation sites (tertiary alicyclic amines) is 1. The minimum Gasteiger partial charge on any atom is -0.504 e. The summed E-state index contributed by atoms with van der Waals surface area (Å²) in [5, 5.41) is 23.6. The Bertz CT molecular complexity index is 1180. The van der Waals surface area contributed by atoms with Crippen LogP contribution >= 0.6 is 0 Å². The molecule has 210 valence electrons. The second-order valence-corrected chi connectivity index (χ2v) is 12.7. The van der Waals surface area contributed by atoms with E-state index in [1.54, 1.807) is 6.07 Å². The molecular weight excluding hydrogens is 484 g/mol. The highest BCUT2D eigenvalue weighted by molar-refractivity contribution is 5.62. The number of nitrogens with zero attached hydrogens (tertiary/aromatic N) is 2. The van der Waals surface area contributed by atoms with E-state index in [0.29, 0.717) is 11.8 Å². The molecule has 2 fully saturated rings. The zero-order valence-electron chi connectivity index (χ0n) is 23.8. The van der Waals surface area contributed by atoms with Crippen LogP contribution in [0, 0.1) is 0 Å². The van der Waals surface area contributed by atoms with Gasteiger partial charge in [-0.1, -0.05) is 55.3 Å². The average Bonchev–Trinajstić information content (AvgIpc) is 3.28. The zero-order valence-corrected chi connectivity index (χ0v) is 23.8. The lowest BCUT2D eigenvalue weighted by atomic mass is 9.48. The molecule has 2 aromatic carbocycles. The first-order chi connectivity index (χ1) is 18.9. The van der Waals surface area contributed by atoms with E-state index in [1.165, 1.54) is 36.8 Å². The fraction of sp³-hybridized carbons (Fsp3) is 0.588. The molecule has 2 aliphatic heterocycles. The molecule has 5 heteroatoms. The Labute approximate surface area is 234 Å². The van der Waals surface area contributed by atoms with Gasteiger partial charge in [-0.3, -0.25) is 9.80 Å². The molecule has 0 aromatic heterocycles. The first kappa shape index (κ1) is 26.9. The monoisotopic (exact) mass is 530 g/mol. The van der Waals surface area contributed by atoms with Crippen LogP contribution < -0.4 is 4.74 Å². The standard InChI is InChI=1S/C34H46N2O3/c1-4-20-35-22-19-33-30-26-15-16-28(37)31(30)39-32(33)27(17-18-34(33,38)29(35)23-26)36(24(2)3)21-11-6-5-8-12-25-13-9-7-10-14-25/h4,7,9-10,13-16,24,27,29,32,37-38H,1,5-6,8,11-12,17-23H2,2-3H3/t27?,29-,32?,33+,34-/m1/s1. The van der Waals surface area contributed by atoms with Gasteiger partial charge < -0.3 is 14.9 Å². The van der Waals surface area contributed by atoms with Crippen LogP contribution in [0.25, 0.3) is 0 Å². The molecule has 4 aliphatic rings. The van der Waals surface area contributed by atoms with Crippen molar-refractivity contribution >= 4 is 0 Å². The van der Waals surface area contributed by atoms with Gasteiger partial charge in [0.15, 0.2) is 11.5 Å². The van der Waals surface area contributed by atoms with Crippen LogP contribution in [0.2, 0.25) is 0 Å². The van der Waals surface area contributed by atoms with Gasteiger partial charge in [0.25, 0.3) is 0 Å². The summed E-state index contributed by atoms with van der Waals surface area (Å²) in [6, 6.07) is 15.3. The number of unbranched alkanes of at least 4 members (excludes halogenated alkanes) is 3. The van der Waals surface area contributed by atoms with Gasteiger partial charge in [0, 0.05) is 30.2 Å². The number of benzene rings is 2. The third kappa shape index (κ3) is 4.24. The second-order valence-electron chi connectivity index (χ2n) is 12.7. The van der Waals surface area contributed by atoms with Crippen molar-refractivity contribution in [2.45, 2.75) is 107 Å². The van der Waals surface area contributed by atoms with Crippen LogP contribution in [-0.4, -0.2) is 69.5 Å². The van der Waals surface area contributed by atoms with Crippen molar-refractivity contribution in [1.29, 1.82) is 0 Å². The summed E-state index contributed by atoms with van der Waals surface area (Å²) in [7, 11) is 0. The third-order valence-corrected chi connectivity index (χ3v) is 10.5. The molecule has 1 saturated carbocycles. The van der Waals surface area contributed by atoms with E-state index < -0.39 is 11.0 Å². The highest BCUT2D eigenvalue weighted by Crippen LogP contribution is 2.65. The summed E-state index contributed by atoms with van der Waals surface area (Å²) in [5.41, 5.74) is 2.45. The second kappa shape index (κ2) is 10.6. The Morgan fingerprint density at radius 1 is 1.10 bits per heavy atom. The van der Waals surface area contributed by atoms with Crippen LogP contribution in [-0.2, 0) is 18.3 Å². The highest BCUT2D eigenvalue weighted by Gasteiger charge is 2.73. The number of aromatic hydroxyl groups is 1. The van der Waals surface area contributed by atoms with Gasteiger partial charge in [0.2, 0.25) is 0 Å². The molecule has 0 amide bonds. The predicted octanol–water partition coefficient (Wildman–Crippen LogP) is 5.61. The van der Waals surface area contributed by atoms with Crippen molar-refractivity contribution in [3.05, 3.63) is 71.8 Å². The fourth-order valence-corrected chi connectivity index (χ4v) is 8.76. The van der Waals surface area contributed by atoms with Gasteiger partial charge in [0.05, 0.1) is 11.0 Å². The summed E-state index contributed by atoms with van der Waals surface area (Å²) in [5.74, 6) is 0.864. The predicted molar refractivity (Wildman–Crippen MR) is 157 cm³/mol. The lowest BCUT2D eigenvalue weighted by molar-refractivity contribution is -0.200. The Balaban J connectivity index is 1.22. The number of hydrogen-bond acceptors (Lipinski definition) is 5. The number of aryl methyl sites for hydroxylation is 1. The van der Waals surface area contributed by atoms with Crippen LogP contribution in [0.4, 0.5) is 0 Å². The van der Waals surface area contributed by atoms with Gasteiger partial charge in [-0.05, 0) is 89.1 Å². The number of hydrogen-bond donors (Lipinski definition) is 2. The first-order valence-corrected chi connectivity index (χ1v) is 15.3. The quantitative estimate of drug-likeness (QED) is 0.292. The molecule has 6 rings (SSSR count). The van der Waals surface area contributed by atoms with Crippen LogP contribution in [0.15, 0.2) is 55.1 Å². The minimum atomic E-state index is -0.860. The largest absolute Gasteiger partial charge is 0.504 e. The smallest absolute Gasteiger partial charge is 0.165 e. The summed E-state index contributed by atoms with van der Waals surface area (Å²) in [4.78, 5) is 5.08. The number of phenolic OH excluding ortho intramolecular Hbond substituents is 1. The van der Waals surface area contributed by atoms with Crippen molar-refractivity contribution in [3.8, 4) is 11.5 Å². The highest BCUT2D eigenvalue weighted by atomic mass is 16.5. The van der Waals surface area contributed by atoms with E-state index in [2.05, 4.69) is 66.6 Å². The van der Waals surface area contributed by atoms with Gasteiger partial charge in [-0.2, -0.15) is 0 Å². The van der Waals surface area contributed by atoms with Gasteiger partial charge in [0.1, 0.15) is 6.10 Å². The molecule has 2 heterocycles. The van der Waals surface area contributed by atoms with Crippen molar-refractivity contribution in [1.82, 2.24) is 9.80 Å². The molecule has 2 aromatic rings. The summed E-state index contributed by atoms with van der Waals surface area (Å²) >= 11 is 0. The number of rotatable bonds is 11. The molecule has 39 heavy (non-hydrogen) atoms. The molecule has 5 nitrogen and oxygen atoms in total. The molecular formula is C34H46N2O3. The van der Waals surface area contributed by atoms with E-state index in [4.69, 9.17) is 4.74 Å². The van der Waals surface area contributed by atoms with E-state index in [-0.39, 0.29) is 23.9 Å². The zero-order chi connectivity index (χ0) is 27.2. The summed E-state index contributed by atoms with van der Waals surface area (Å²) in [6.45, 7) is 11.4. The van der Waals surface area contributed by atoms with E-state index in [9.17, 15) is 10.2 Å². The molecule has 0 radical (unpaired) electrons. The first-order valence-electron chi connectivity index (χ1n) is 15.3. The van der Waals surface area contributed by atoms with Crippen molar-refractivity contribution in [2.24, 2.45) is 0 Å². The van der Waals surface area contributed by atoms with Gasteiger partial charge in [-0.15, -0.1) is 6.58 Å². The van der Waals surface area contributed by atoms with Gasteiger partial charge >= 0.3 is 0 Å². The molecule has 1 spiro atoms. The average molecular weight is 531 g/mol. The minimum absolute atomic E-state index is 0.0522. The maximum absolute atomic E-state index is 12.6. The van der Waals surface area contributed by atoms with Crippen LogP contribution in [0.3, 0.4) is 0 Å². The SMILES string of the molecule is C=CCN1CC[C@]23c4c5ccc(O)c4OC2C(N(CCCCCCc2ccccc2)C(C)C)CC[C@@]3(O)[C@H]1C5. The van der Waals surface area contributed by atoms with Crippen molar-refractivity contribution < 1.29 is 14.9 Å². The van der Waals surface area contributed by atoms with Crippen LogP contribution in [0.1, 0.15) is 75.5 Å². The van der Waals surface area contributed by atoms with E-state index in [0.717, 1.165) is 57.3 Å². The molecule has 1 saturated heterocycles. The number of ether oxygens (including phenoxy) is 1. The van der Waals surface area contributed by atoms with Crippen molar-refractivity contribution in [3.63, 3.8) is 0 Å². The Morgan fingerprint density at radius 3 is 2.67 bits per heavy atom. The maximum Gasteiger partial charge on any atom is 0.165 e. The number of aliphatic hydroxyl groups is 1. The molecule has 2 aliphatic carbocycles. The summed E-state index contributed by atoms with van der Waals surface area (Å²) < 4.78 is 6.82. The molecule has 2 bridgehead atoms. The lowest BCUT2D eigenvalue weighted by Crippen LogP contribution is -2.78. The normalized spacial score (nSPS) is 30.8. The fourth-order valence-electron chi connectivity index (χ4n) is 8.76. The van der Waals surface area contributed by atoms with Crippen LogP contribution in [0.5, 0.6) is 11.5 Å². The Hall–Kier alpha value is -2.34. The Kier molecular flexibility index (Phi) is 7.28. The topological polar surface area (TPSA) is 56.2 Å². The molecule has 5 atom stereocenters. The molecule has 2 N–H and O–H groups in total. The van der Waals surface area contributed by atoms with Crippen molar-refractivity contribution in [2.75, 3.05) is 19.6 Å². The Morgan fingerprint density at radius 2 is 1.90 bits per heavy atom. The molecule has 2 unspecified atom stereocenters. The number of phenols is 1. The van der Waals surface area contributed by atoms with E-state index in [1.807, 2.05) is 6.08 Å². The lowest BCUT2D eigenvalue weighted by Gasteiger charge is -2.65. The summed E-state index contributed by atoms with van der Waals surface area (Å²) in [6.07, 6.45) is 11.2.